The zero-order valence-electron chi connectivity index (χ0n) is 17.5. The molecule has 4 atom stereocenters. The minimum atomic E-state index is 0.0910. The zero-order chi connectivity index (χ0) is 20.4. The maximum atomic E-state index is 13.2. The number of carbonyl (C=O) groups is 1. The van der Waals surface area contributed by atoms with Crippen LogP contribution in [0, 0.1) is 11.8 Å². The van der Waals surface area contributed by atoms with Crippen molar-refractivity contribution in [2.24, 2.45) is 11.8 Å². The van der Waals surface area contributed by atoms with Gasteiger partial charge in [0.15, 0.2) is 0 Å². The second kappa shape index (κ2) is 8.56. The lowest BCUT2D eigenvalue weighted by Gasteiger charge is -2.40. The number of amides is 1. The molecule has 1 saturated carbocycles. The van der Waals surface area contributed by atoms with Gasteiger partial charge in [0, 0.05) is 31.8 Å². The summed E-state index contributed by atoms with van der Waals surface area (Å²) >= 11 is 0. The zero-order valence-corrected chi connectivity index (χ0v) is 17.5. The van der Waals surface area contributed by atoms with Crippen LogP contribution in [0.2, 0.25) is 0 Å². The molecule has 5 nitrogen and oxygen atoms in total. The molecular weight excluding hydrogens is 364 g/mol. The predicted molar refractivity (Wildman–Crippen MR) is 113 cm³/mol. The fraction of sp³-hybridized carbons (Fsp3) is 0.458. The average molecular weight is 395 g/mol. The molecule has 0 aromatic heterocycles. The van der Waals surface area contributed by atoms with Crippen LogP contribution in [0.1, 0.15) is 23.2 Å². The molecule has 154 valence electrons. The van der Waals surface area contributed by atoms with Crippen molar-refractivity contribution in [3.63, 3.8) is 0 Å². The predicted octanol–water partition coefficient (Wildman–Crippen LogP) is 3.91. The number of para-hydroxylation sites is 1. The second-order valence-electron chi connectivity index (χ2n) is 8.45. The molecule has 2 fully saturated rings. The van der Waals surface area contributed by atoms with Crippen LogP contribution in [0.3, 0.4) is 0 Å². The lowest BCUT2D eigenvalue weighted by molar-refractivity contribution is -0.0209. The Labute approximate surface area is 173 Å². The van der Waals surface area contributed by atoms with Gasteiger partial charge >= 0.3 is 0 Å². The van der Waals surface area contributed by atoms with Gasteiger partial charge in [-0.1, -0.05) is 24.3 Å². The van der Waals surface area contributed by atoms with Gasteiger partial charge in [-0.3, -0.25) is 4.79 Å². The molecule has 29 heavy (non-hydrogen) atoms. The van der Waals surface area contributed by atoms with Crippen LogP contribution >= 0.6 is 0 Å². The highest BCUT2D eigenvalue weighted by Gasteiger charge is 2.44. The van der Waals surface area contributed by atoms with E-state index in [4.69, 9.17) is 9.47 Å². The Kier molecular flexibility index (Phi) is 5.88. The third kappa shape index (κ3) is 4.31. The van der Waals surface area contributed by atoms with Gasteiger partial charge < -0.3 is 19.3 Å². The topological polar surface area (TPSA) is 42.0 Å². The molecule has 0 bridgehead atoms. The molecule has 2 aromatic carbocycles. The van der Waals surface area contributed by atoms with Crippen molar-refractivity contribution in [1.29, 1.82) is 0 Å². The number of rotatable bonds is 5. The third-order valence-corrected chi connectivity index (χ3v) is 6.40. The summed E-state index contributed by atoms with van der Waals surface area (Å²) < 4.78 is 11.7. The molecule has 0 spiro atoms. The van der Waals surface area contributed by atoms with E-state index < -0.39 is 0 Å². The first-order chi connectivity index (χ1) is 14.0. The van der Waals surface area contributed by atoms with Crippen LogP contribution in [-0.2, 0) is 4.74 Å². The maximum Gasteiger partial charge on any atom is 0.254 e. The van der Waals surface area contributed by atoms with E-state index in [2.05, 4.69) is 19.0 Å². The molecule has 1 saturated heterocycles. The maximum absolute atomic E-state index is 13.2. The molecule has 4 rings (SSSR count). The van der Waals surface area contributed by atoms with E-state index in [9.17, 15) is 4.79 Å². The average Bonchev–Trinajstić information content (AvgIpc) is 3.16. The van der Waals surface area contributed by atoms with Crippen molar-refractivity contribution < 1.29 is 14.3 Å². The van der Waals surface area contributed by atoms with E-state index in [1.54, 1.807) is 7.11 Å². The van der Waals surface area contributed by atoms with Gasteiger partial charge in [0.05, 0.1) is 6.10 Å². The van der Waals surface area contributed by atoms with Crippen molar-refractivity contribution >= 4 is 5.91 Å². The summed E-state index contributed by atoms with van der Waals surface area (Å²) in [5.41, 5.74) is 0.685. The van der Waals surface area contributed by atoms with Crippen LogP contribution in [0.15, 0.2) is 54.6 Å². The highest BCUT2D eigenvalue weighted by Crippen LogP contribution is 2.39. The largest absolute Gasteiger partial charge is 0.457 e. The normalized spacial score (nSPS) is 26.4. The molecule has 0 unspecified atom stereocenters. The number of likely N-dealkylation sites (N-methyl/N-ethyl adjacent to an activating group) is 1. The van der Waals surface area contributed by atoms with Crippen molar-refractivity contribution in [2.45, 2.75) is 25.0 Å². The van der Waals surface area contributed by atoms with Gasteiger partial charge in [0.2, 0.25) is 0 Å². The summed E-state index contributed by atoms with van der Waals surface area (Å²) in [6.07, 6.45) is 2.34. The molecule has 5 heteroatoms. The van der Waals surface area contributed by atoms with E-state index in [1.165, 1.54) is 0 Å². The molecule has 2 aliphatic rings. The summed E-state index contributed by atoms with van der Waals surface area (Å²) in [7, 11) is 6.04. The summed E-state index contributed by atoms with van der Waals surface area (Å²) in [6, 6.07) is 17.6. The minimum absolute atomic E-state index is 0.0910. The highest BCUT2D eigenvalue weighted by atomic mass is 16.5. The number of carbonyl (C=O) groups excluding carboxylic acids is 1. The number of likely N-dealkylation sites (tertiary alicyclic amines) is 1. The van der Waals surface area contributed by atoms with E-state index in [1.807, 2.05) is 59.5 Å². The number of benzene rings is 2. The van der Waals surface area contributed by atoms with Crippen LogP contribution in [-0.4, -0.2) is 62.1 Å². The van der Waals surface area contributed by atoms with Gasteiger partial charge in [-0.25, -0.2) is 0 Å². The van der Waals surface area contributed by atoms with Crippen molar-refractivity contribution in [2.75, 3.05) is 34.3 Å². The third-order valence-electron chi connectivity index (χ3n) is 6.40. The Balaban J connectivity index is 1.45. The first-order valence-corrected chi connectivity index (χ1v) is 10.4. The molecule has 1 amide bonds. The van der Waals surface area contributed by atoms with Crippen molar-refractivity contribution in [3.05, 3.63) is 60.2 Å². The Morgan fingerprint density at radius 1 is 0.966 bits per heavy atom. The van der Waals surface area contributed by atoms with Gasteiger partial charge in [0.1, 0.15) is 11.5 Å². The number of hydrogen-bond donors (Lipinski definition) is 0. The summed E-state index contributed by atoms with van der Waals surface area (Å²) in [4.78, 5) is 17.5. The van der Waals surface area contributed by atoms with Crippen LogP contribution < -0.4 is 4.74 Å². The number of hydrogen-bond acceptors (Lipinski definition) is 4. The lowest BCUT2D eigenvalue weighted by atomic mass is 9.77. The van der Waals surface area contributed by atoms with Crippen LogP contribution in [0.4, 0.5) is 0 Å². The molecule has 2 aromatic rings. The van der Waals surface area contributed by atoms with Crippen LogP contribution in [0.5, 0.6) is 11.5 Å². The Morgan fingerprint density at radius 2 is 1.66 bits per heavy atom. The van der Waals surface area contributed by atoms with Gasteiger partial charge in [-0.05, 0) is 69.1 Å². The van der Waals surface area contributed by atoms with Crippen molar-refractivity contribution in [3.8, 4) is 11.5 Å². The lowest BCUT2D eigenvalue weighted by Crippen LogP contribution is -2.47. The van der Waals surface area contributed by atoms with E-state index >= 15 is 0 Å². The van der Waals surface area contributed by atoms with Crippen LogP contribution in [0.25, 0.3) is 0 Å². The second-order valence-corrected chi connectivity index (χ2v) is 8.45. The summed E-state index contributed by atoms with van der Waals surface area (Å²) in [6.45, 7) is 1.64. The molecule has 1 aliphatic heterocycles. The number of fused-ring (bicyclic) bond motifs is 1. The fourth-order valence-electron chi connectivity index (χ4n) is 4.85. The standard InChI is InChI=1S/C24H30N2O3/c1-25(2)22-13-18-15-26(16-19(18)14-23(22)28-3)24(27)17-8-7-11-21(12-17)29-20-9-5-4-6-10-20/h4-12,18-19,22-23H,13-16H2,1-3H3/t18-,19+,22-,23-/m1/s1. The molecular formula is C24H30N2O3. The molecule has 1 aliphatic carbocycles. The first kappa shape index (κ1) is 19.9. The number of nitrogens with zero attached hydrogens (tertiary/aromatic N) is 2. The SMILES string of the molecule is CO[C@@H]1C[C@H]2CN(C(=O)c3cccc(Oc4ccccc4)c3)C[C@H]2C[C@H]1N(C)C. The highest BCUT2D eigenvalue weighted by molar-refractivity contribution is 5.94. The van der Waals surface area contributed by atoms with Gasteiger partial charge in [-0.2, -0.15) is 0 Å². The van der Waals surface area contributed by atoms with E-state index in [0.29, 0.717) is 29.2 Å². The molecule has 0 N–H and O–H groups in total. The first-order valence-electron chi connectivity index (χ1n) is 10.4. The Morgan fingerprint density at radius 3 is 2.34 bits per heavy atom. The fourth-order valence-corrected chi connectivity index (χ4v) is 4.85. The smallest absolute Gasteiger partial charge is 0.254 e. The van der Waals surface area contributed by atoms with Gasteiger partial charge in [-0.15, -0.1) is 0 Å². The summed E-state index contributed by atoms with van der Waals surface area (Å²) in [5, 5.41) is 0. The van der Waals surface area contributed by atoms with E-state index in [0.717, 1.165) is 31.7 Å². The molecule has 1 heterocycles. The Bertz CT molecular complexity index is 839. The molecule has 0 radical (unpaired) electrons. The van der Waals surface area contributed by atoms with E-state index in [-0.39, 0.29) is 12.0 Å². The monoisotopic (exact) mass is 394 g/mol. The number of ether oxygens (including phenoxy) is 2. The quantitative estimate of drug-likeness (QED) is 0.771. The summed E-state index contributed by atoms with van der Waals surface area (Å²) in [5.74, 6) is 2.61. The Hall–Kier alpha value is -2.37. The number of methoxy groups -OCH3 is 1. The van der Waals surface area contributed by atoms with Gasteiger partial charge in [0.25, 0.3) is 5.91 Å². The van der Waals surface area contributed by atoms with Crippen molar-refractivity contribution in [1.82, 2.24) is 9.80 Å². The minimum Gasteiger partial charge on any atom is -0.457 e.